The van der Waals surface area contributed by atoms with E-state index in [4.69, 9.17) is 0 Å². The number of rotatable bonds is 5. The fraction of sp³-hybridized carbons (Fsp3) is 0.429. The minimum atomic E-state index is -4.55. The Hall–Kier alpha value is -3.70. The van der Waals surface area contributed by atoms with Crippen molar-refractivity contribution in [1.82, 2.24) is 20.1 Å². The maximum Gasteiger partial charge on any atom is 0.416 e. The molecule has 1 N–H and O–H groups in total. The van der Waals surface area contributed by atoms with Gasteiger partial charge in [0.1, 0.15) is 5.41 Å². The summed E-state index contributed by atoms with van der Waals surface area (Å²) in [4.78, 5) is 18.4. The number of benzene rings is 1. The van der Waals surface area contributed by atoms with Crippen LogP contribution in [0, 0.1) is 19.3 Å². The monoisotopic (exact) mass is 563 g/mol. The van der Waals surface area contributed by atoms with Crippen LogP contribution in [0.4, 0.5) is 32.2 Å². The Bertz CT molecular complexity index is 1510. The van der Waals surface area contributed by atoms with Crippen molar-refractivity contribution < 1.29 is 31.1 Å². The van der Waals surface area contributed by atoms with Gasteiger partial charge in [0, 0.05) is 24.7 Å². The van der Waals surface area contributed by atoms with Crippen molar-refractivity contribution in [3.05, 3.63) is 64.5 Å². The lowest BCUT2D eigenvalue weighted by molar-refractivity contribution is -0.198. The number of aromatic nitrogens is 3. The summed E-state index contributed by atoms with van der Waals surface area (Å²) in [6, 6.07) is 5.33. The fourth-order valence-corrected chi connectivity index (χ4v) is 5.32. The van der Waals surface area contributed by atoms with Crippen LogP contribution in [0.5, 0.6) is 0 Å². The van der Waals surface area contributed by atoms with Crippen LogP contribution in [0.2, 0.25) is 0 Å². The van der Waals surface area contributed by atoms with Gasteiger partial charge in [0.05, 0.1) is 22.8 Å². The summed E-state index contributed by atoms with van der Waals surface area (Å²) in [7, 11) is 0. The van der Waals surface area contributed by atoms with Crippen molar-refractivity contribution in [2.24, 2.45) is 5.41 Å². The van der Waals surface area contributed by atoms with Crippen molar-refractivity contribution >= 4 is 28.2 Å². The lowest BCUT2D eigenvalue weighted by atomic mass is 9.96. The Labute approximate surface area is 226 Å². The minimum absolute atomic E-state index is 0.0641. The lowest BCUT2D eigenvalue weighted by Crippen LogP contribution is -2.45. The average molecular weight is 564 g/mol. The molecule has 1 atom stereocenters. The second-order valence-corrected chi connectivity index (χ2v) is 10.4. The normalized spacial score (nSPS) is 17.9. The van der Waals surface area contributed by atoms with Crippen molar-refractivity contribution in [1.29, 1.82) is 0 Å². The summed E-state index contributed by atoms with van der Waals surface area (Å²) >= 11 is 0. The van der Waals surface area contributed by atoms with Crippen LogP contribution < -0.4 is 5.32 Å². The van der Waals surface area contributed by atoms with E-state index < -0.39 is 35.3 Å². The number of hydrogen-bond acceptors (Lipinski definition) is 5. The molecular weight excluding hydrogens is 536 g/mol. The molecule has 3 aromatic rings. The third-order valence-electron chi connectivity index (χ3n) is 7.86. The smallest absolute Gasteiger partial charge is 0.361 e. The van der Waals surface area contributed by atoms with Crippen LogP contribution in [-0.2, 0) is 11.0 Å². The van der Waals surface area contributed by atoms with Crippen molar-refractivity contribution in [2.75, 3.05) is 18.4 Å². The highest BCUT2D eigenvalue weighted by Crippen LogP contribution is 2.58. The Morgan fingerprint density at radius 1 is 1.10 bits per heavy atom. The zero-order chi connectivity index (χ0) is 29.0. The number of anilines is 1. The van der Waals surface area contributed by atoms with Crippen LogP contribution in [0.1, 0.15) is 60.2 Å². The van der Waals surface area contributed by atoms with Crippen molar-refractivity contribution in [2.45, 2.75) is 58.4 Å². The number of carbonyl (C=O) groups is 1. The lowest BCUT2D eigenvalue weighted by Gasteiger charge is -2.31. The number of hydrogen-bond donors (Lipinski definition) is 1. The van der Waals surface area contributed by atoms with Gasteiger partial charge in [-0.15, -0.1) is 5.10 Å². The molecule has 2 aliphatic rings. The zero-order valence-corrected chi connectivity index (χ0v) is 22.0. The van der Waals surface area contributed by atoms with E-state index in [9.17, 15) is 31.1 Å². The van der Waals surface area contributed by atoms with E-state index in [1.807, 2.05) is 6.07 Å². The first-order valence-corrected chi connectivity index (χ1v) is 12.8. The van der Waals surface area contributed by atoms with E-state index in [1.165, 1.54) is 17.9 Å². The molecule has 1 saturated carbocycles. The van der Waals surface area contributed by atoms with Gasteiger partial charge in [-0.05, 0) is 74.4 Å². The third-order valence-corrected chi connectivity index (χ3v) is 7.86. The summed E-state index contributed by atoms with van der Waals surface area (Å²) in [5.41, 5.74) is 0.294. The number of fused-ring (bicyclic) bond motifs is 1. The Balaban J connectivity index is 1.41. The molecule has 3 heterocycles. The average Bonchev–Trinajstić information content (AvgIpc) is 3.72. The molecule has 1 aliphatic carbocycles. The largest absolute Gasteiger partial charge is 0.416 e. The number of pyridine rings is 1. The topological polar surface area (TPSA) is 71.0 Å². The first-order valence-electron chi connectivity index (χ1n) is 12.8. The molecule has 6 nitrogen and oxygen atoms in total. The summed E-state index contributed by atoms with van der Waals surface area (Å²) in [6.07, 6.45) is -5.65. The third kappa shape index (κ3) is 4.88. The van der Waals surface area contributed by atoms with E-state index in [0.717, 1.165) is 17.2 Å². The van der Waals surface area contributed by atoms with E-state index in [2.05, 4.69) is 20.5 Å². The number of aryl methyl sites for hydroxylation is 1. The number of halogens is 6. The summed E-state index contributed by atoms with van der Waals surface area (Å²) in [5.74, 6) is -0.531. The second kappa shape index (κ2) is 9.74. The zero-order valence-electron chi connectivity index (χ0n) is 22.0. The number of carbonyl (C=O) groups excluding carboxylic acids is 1. The first kappa shape index (κ1) is 27.9. The quantitative estimate of drug-likeness (QED) is 0.346. The fourth-order valence-electron chi connectivity index (χ4n) is 5.32. The van der Waals surface area contributed by atoms with Crippen LogP contribution in [-0.4, -0.2) is 45.3 Å². The molecule has 0 spiro atoms. The Morgan fingerprint density at radius 3 is 2.42 bits per heavy atom. The number of amides is 1. The van der Waals surface area contributed by atoms with E-state index in [1.54, 1.807) is 32.2 Å². The highest BCUT2D eigenvalue weighted by atomic mass is 19.4. The first-order chi connectivity index (χ1) is 18.7. The van der Waals surface area contributed by atoms with Gasteiger partial charge in [0.15, 0.2) is 5.82 Å². The van der Waals surface area contributed by atoms with Gasteiger partial charge in [-0.25, -0.2) is 0 Å². The van der Waals surface area contributed by atoms with Crippen LogP contribution >= 0.6 is 0 Å². The predicted octanol–water partition coefficient (Wildman–Crippen LogP) is 6.79. The van der Waals surface area contributed by atoms with Crippen molar-refractivity contribution in [3.8, 4) is 0 Å². The summed E-state index contributed by atoms with van der Waals surface area (Å²) in [6.45, 7) is 5.12. The molecule has 40 heavy (non-hydrogen) atoms. The van der Waals surface area contributed by atoms with Gasteiger partial charge < -0.3 is 10.2 Å². The molecule has 0 unspecified atom stereocenters. The number of nitrogens with one attached hydrogen (secondary N) is 1. The molecular formula is C28H27F6N5O. The van der Waals surface area contributed by atoms with Gasteiger partial charge in [-0.1, -0.05) is 18.2 Å². The van der Waals surface area contributed by atoms with Crippen LogP contribution in [0.15, 0.2) is 36.5 Å². The second-order valence-electron chi connectivity index (χ2n) is 10.4. The maximum absolute atomic E-state index is 13.4. The van der Waals surface area contributed by atoms with Gasteiger partial charge in [-0.3, -0.25) is 9.78 Å². The highest BCUT2D eigenvalue weighted by Gasteiger charge is 2.69. The number of nitrogens with zero attached hydrogens (tertiary/aromatic N) is 4. The molecule has 5 rings (SSSR count). The molecule has 0 bridgehead atoms. The van der Waals surface area contributed by atoms with Gasteiger partial charge in [0.2, 0.25) is 5.91 Å². The summed E-state index contributed by atoms with van der Waals surface area (Å²) < 4.78 is 80.6. The van der Waals surface area contributed by atoms with Crippen LogP contribution in [0.3, 0.4) is 0 Å². The van der Waals surface area contributed by atoms with Crippen LogP contribution in [0.25, 0.3) is 16.5 Å². The standard InChI is InChI=1S/C28H27F6N5O/c1-15-20(5-4-6-22(15)27(29,30)31)16(2)36-24-21-13-19(14-35-23(21)17(3)37-38-24)18-7-11-39(12-8-18)25(40)26(9-10-26)28(32,33)34/h4-7,13-14,16H,8-12H2,1-3H3,(H,36,38)/t16-/m1/s1. The Kier molecular flexibility index (Phi) is 6.78. The minimum Gasteiger partial charge on any atom is -0.361 e. The SMILES string of the molecule is Cc1c([C@@H](C)Nc2nnc(C)c3ncc(C4=CCN(C(=O)C5(C(F)(F)F)CC5)CC4)cc23)cccc1C(F)(F)F. The number of alkyl halides is 6. The van der Waals surface area contributed by atoms with E-state index in [0.29, 0.717) is 34.4 Å². The van der Waals surface area contributed by atoms with Crippen molar-refractivity contribution in [3.63, 3.8) is 0 Å². The molecule has 2 aromatic heterocycles. The van der Waals surface area contributed by atoms with E-state index in [-0.39, 0.29) is 31.5 Å². The van der Waals surface area contributed by atoms with E-state index >= 15 is 0 Å². The highest BCUT2D eigenvalue weighted by molar-refractivity contribution is 5.93. The Morgan fingerprint density at radius 2 is 1.82 bits per heavy atom. The molecule has 1 aromatic carbocycles. The van der Waals surface area contributed by atoms with Gasteiger partial charge >= 0.3 is 12.4 Å². The maximum atomic E-state index is 13.4. The molecule has 0 radical (unpaired) electrons. The molecule has 0 saturated heterocycles. The molecule has 1 amide bonds. The molecule has 12 heteroatoms. The molecule has 1 aliphatic heterocycles. The summed E-state index contributed by atoms with van der Waals surface area (Å²) in [5, 5.41) is 12.2. The van der Waals surface area contributed by atoms with Gasteiger partial charge in [-0.2, -0.15) is 31.4 Å². The molecule has 1 fully saturated rings. The van der Waals surface area contributed by atoms with Gasteiger partial charge in [0.25, 0.3) is 0 Å². The predicted molar refractivity (Wildman–Crippen MR) is 137 cm³/mol. The molecule has 212 valence electrons.